The van der Waals surface area contributed by atoms with Crippen LogP contribution in [0.3, 0.4) is 0 Å². The zero-order chi connectivity index (χ0) is 18.7. The molecular weight excluding hydrogens is 479 g/mol. The van der Waals surface area contributed by atoms with Crippen LogP contribution < -0.4 is 10.8 Å². The number of benzene rings is 1. The topological polar surface area (TPSA) is 86.6 Å². The summed E-state index contributed by atoms with van der Waals surface area (Å²) in [6.45, 7) is -0.278. The van der Waals surface area contributed by atoms with Gasteiger partial charge in [0, 0.05) is 14.5 Å². The van der Waals surface area contributed by atoms with Crippen molar-refractivity contribution in [3.8, 4) is 0 Å². The zero-order valence-corrected chi connectivity index (χ0v) is 16.1. The van der Waals surface area contributed by atoms with Gasteiger partial charge in [0.25, 0.3) is 0 Å². The van der Waals surface area contributed by atoms with Crippen LogP contribution in [0, 0.1) is 15.2 Å². The average Bonchev–Trinajstić information content (AvgIpc) is 2.94. The van der Waals surface area contributed by atoms with Crippen molar-refractivity contribution in [1.29, 1.82) is 0 Å². The van der Waals surface area contributed by atoms with Crippen LogP contribution in [0.25, 0.3) is 10.2 Å². The Morgan fingerprint density at radius 1 is 1.31 bits per heavy atom. The number of hydrogen-bond donors (Lipinski definition) is 4. The Labute approximate surface area is 164 Å². The lowest BCUT2D eigenvalue weighted by atomic mass is 10.1. The number of aliphatic hydroxyl groups is 2. The molecular formula is C16H14F2IN3O3S. The van der Waals surface area contributed by atoms with E-state index in [1.807, 2.05) is 22.6 Å². The molecule has 6 nitrogen and oxygen atoms in total. The highest BCUT2D eigenvalue weighted by Crippen LogP contribution is 2.40. The number of thiophene rings is 1. The molecule has 1 unspecified atom stereocenters. The summed E-state index contributed by atoms with van der Waals surface area (Å²) < 4.78 is 28.5. The molecule has 0 bridgehead atoms. The monoisotopic (exact) mass is 493 g/mol. The molecule has 2 heterocycles. The molecule has 0 amide bonds. The summed E-state index contributed by atoms with van der Waals surface area (Å²) in [6, 6.07) is 5.91. The number of pyridine rings is 1. The normalized spacial score (nSPS) is 12.5. The van der Waals surface area contributed by atoms with Crippen LogP contribution in [0.4, 0.5) is 19.5 Å². The minimum absolute atomic E-state index is 0.0414. The molecule has 0 aliphatic carbocycles. The fourth-order valence-electron chi connectivity index (χ4n) is 2.29. The van der Waals surface area contributed by atoms with Crippen LogP contribution in [0.15, 0.2) is 30.5 Å². The quantitative estimate of drug-likeness (QED) is 0.175. The van der Waals surface area contributed by atoms with E-state index in [0.29, 0.717) is 15.2 Å². The maximum absolute atomic E-state index is 14.2. The number of rotatable bonds is 7. The summed E-state index contributed by atoms with van der Waals surface area (Å²) in [4.78, 5) is 9.41. The summed E-state index contributed by atoms with van der Waals surface area (Å²) in [5.74, 6) is -1.02. The molecule has 0 radical (unpaired) electrons. The summed E-state index contributed by atoms with van der Waals surface area (Å²) >= 11 is 3.15. The van der Waals surface area contributed by atoms with Crippen molar-refractivity contribution in [2.24, 2.45) is 0 Å². The molecule has 0 aliphatic heterocycles. The lowest BCUT2D eigenvalue weighted by Gasteiger charge is -2.15. The van der Waals surface area contributed by atoms with E-state index >= 15 is 0 Å². The van der Waals surface area contributed by atoms with Gasteiger partial charge in [0.1, 0.15) is 21.5 Å². The number of aliphatic hydroxyl groups excluding tert-OH is 2. The van der Waals surface area contributed by atoms with Crippen molar-refractivity contribution in [2.45, 2.75) is 6.23 Å². The molecule has 4 N–H and O–H groups in total. The Morgan fingerprint density at radius 2 is 2.12 bits per heavy atom. The van der Waals surface area contributed by atoms with Gasteiger partial charge in [-0.2, -0.15) is 5.48 Å². The summed E-state index contributed by atoms with van der Waals surface area (Å²) in [5.41, 5.74) is 2.85. The molecule has 0 fully saturated rings. The number of nitrogens with one attached hydrogen (secondary N) is 2. The molecule has 2 aromatic heterocycles. The first-order valence-electron chi connectivity index (χ1n) is 7.46. The third-order valence-electron chi connectivity index (χ3n) is 3.39. The molecule has 0 saturated carbocycles. The molecule has 0 aliphatic rings. The highest BCUT2D eigenvalue weighted by molar-refractivity contribution is 14.1. The lowest BCUT2D eigenvalue weighted by molar-refractivity contribution is -0.0668. The van der Waals surface area contributed by atoms with E-state index in [2.05, 4.69) is 15.8 Å². The maximum Gasteiger partial charge on any atom is 0.156 e. The Bertz CT molecular complexity index is 925. The molecule has 26 heavy (non-hydrogen) atoms. The van der Waals surface area contributed by atoms with Gasteiger partial charge in [0.2, 0.25) is 0 Å². The van der Waals surface area contributed by atoms with Crippen molar-refractivity contribution >= 4 is 54.8 Å². The second-order valence-electron chi connectivity index (χ2n) is 5.19. The first kappa shape index (κ1) is 19.3. The van der Waals surface area contributed by atoms with Gasteiger partial charge in [0.15, 0.2) is 6.23 Å². The van der Waals surface area contributed by atoms with Gasteiger partial charge >= 0.3 is 0 Å². The molecule has 1 aromatic carbocycles. The Hall–Kier alpha value is -1.44. The molecule has 138 valence electrons. The van der Waals surface area contributed by atoms with Gasteiger partial charge in [-0.15, -0.1) is 0 Å². The fraction of sp³-hybridized carbons (Fsp3) is 0.188. The van der Waals surface area contributed by atoms with Crippen molar-refractivity contribution in [3.05, 3.63) is 51.2 Å². The molecule has 10 heteroatoms. The molecule has 1 atom stereocenters. The standard InChI is InChI=1S/C16H14F2IN3O3S/c17-8-5-10-13(14(24)22-25-4-3-23)16(26-15(10)20-7-8)21-12-2-1-9(19)6-11(12)18/h1-2,5-7,14,21-24H,3-4H2. The van der Waals surface area contributed by atoms with Gasteiger partial charge in [-0.25, -0.2) is 13.8 Å². The molecule has 3 aromatic rings. The van der Waals surface area contributed by atoms with Crippen molar-refractivity contribution in [2.75, 3.05) is 18.5 Å². The van der Waals surface area contributed by atoms with E-state index in [-0.39, 0.29) is 24.5 Å². The number of anilines is 2. The van der Waals surface area contributed by atoms with Crippen LogP contribution in [0.5, 0.6) is 0 Å². The number of hydrogen-bond acceptors (Lipinski definition) is 7. The summed E-state index contributed by atoms with van der Waals surface area (Å²) in [6.07, 6.45) is -0.270. The number of fused-ring (bicyclic) bond motifs is 1. The van der Waals surface area contributed by atoms with Crippen molar-refractivity contribution in [3.63, 3.8) is 0 Å². The molecule has 0 saturated heterocycles. The van der Waals surface area contributed by atoms with E-state index in [0.717, 1.165) is 21.1 Å². The third-order valence-corrected chi connectivity index (χ3v) is 5.11. The number of aromatic nitrogens is 1. The molecule has 3 rings (SSSR count). The minimum atomic E-state index is -1.34. The van der Waals surface area contributed by atoms with E-state index in [1.54, 1.807) is 12.1 Å². The van der Waals surface area contributed by atoms with Crippen LogP contribution in [0.1, 0.15) is 11.8 Å². The lowest BCUT2D eigenvalue weighted by Crippen LogP contribution is -2.23. The van der Waals surface area contributed by atoms with Crippen LogP contribution in [-0.4, -0.2) is 28.4 Å². The average molecular weight is 493 g/mol. The van der Waals surface area contributed by atoms with Crippen LogP contribution >= 0.6 is 33.9 Å². The highest BCUT2D eigenvalue weighted by Gasteiger charge is 2.22. The largest absolute Gasteiger partial charge is 0.394 e. The van der Waals surface area contributed by atoms with Gasteiger partial charge in [-0.1, -0.05) is 11.3 Å². The van der Waals surface area contributed by atoms with Gasteiger partial charge in [-0.05, 0) is 46.9 Å². The van der Waals surface area contributed by atoms with Crippen LogP contribution in [0.2, 0.25) is 0 Å². The number of halogens is 3. The Morgan fingerprint density at radius 3 is 2.85 bits per heavy atom. The van der Waals surface area contributed by atoms with Crippen molar-refractivity contribution < 1.29 is 23.8 Å². The number of nitrogens with zero attached hydrogens (tertiary/aromatic N) is 1. The first-order chi connectivity index (χ1) is 12.5. The number of hydroxylamine groups is 1. The van der Waals surface area contributed by atoms with Gasteiger partial charge < -0.3 is 15.5 Å². The SMILES string of the molecule is OCCONC(O)c1c(Nc2ccc(I)cc2F)sc2ncc(F)cc12. The zero-order valence-electron chi connectivity index (χ0n) is 13.2. The fourth-order valence-corrected chi connectivity index (χ4v) is 3.82. The summed E-state index contributed by atoms with van der Waals surface area (Å²) in [5, 5.41) is 22.8. The second kappa shape index (κ2) is 8.50. The maximum atomic E-state index is 14.2. The van der Waals surface area contributed by atoms with E-state index in [4.69, 9.17) is 9.94 Å². The second-order valence-corrected chi connectivity index (χ2v) is 7.44. The highest BCUT2D eigenvalue weighted by atomic mass is 127. The Kier molecular flexibility index (Phi) is 6.32. The van der Waals surface area contributed by atoms with Gasteiger partial charge in [0.05, 0.1) is 25.1 Å². The van der Waals surface area contributed by atoms with E-state index < -0.39 is 17.9 Å². The predicted molar refractivity (Wildman–Crippen MR) is 103 cm³/mol. The van der Waals surface area contributed by atoms with Gasteiger partial charge in [-0.3, -0.25) is 4.84 Å². The van der Waals surface area contributed by atoms with Crippen LogP contribution in [-0.2, 0) is 4.84 Å². The molecule has 0 spiro atoms. The van der Waals surface area contributed by atoms with Crippen molar-refractivity contribution in [1.82, 2.24) is 10.5 Å². The predicted octanol–water partition coefficient (Wildman–Crippen LogP) is 3.43. The first-order valence-corrected chi connectivity index (χ1v) is 9.35. The van der Waals surface area contributed by atoms with E-state index in [1.165, 1.54) is 12.1 Å². The summed E-state index contributed by atoms with van der Waals surface area (Å²) in [7, 11) is 0. The van der Waals surface area contributed by atoms with E-state index in [9.17, 15) is 13.9 Å². The smallest absolute Gasteiger partial charge is 0.156 e. The third kappa shape index (κ3) is 4.27. The minimum Gasteiger partial charge on any atom is -0.394 e. The Balaban J connectivity index is 2.01.